The van der Waals surface area contributed by atoms with E-state index in [4.69, 9.17) is 5.26 Å². The fourth-order valence-corrected chi connectivity index (χ4v) is 1.16. The van der Waals surface area contributed by atoms with Gasteiger partial charge in [-0.1, -0.05) is 0 Å². The highest BCUT2D eigenvalue weighted by molar-refractivity contribution is 5.30. The van der Waals surface area contributed by atoms with Gasteiger partial charge >= 0.3 is 6.36 Å². The number of aryl methyl sites for hydroxylation is 1. The molecule has 0 saturated heterocycles. The molecule has 1 N–H and O–H groups in total. The summed E-state index contributed by atoms with van der Waals surface area (Å²) in [6.07, 6.45) is -5.01. The molecule has 16 heavy (non-hydrogen) atoms. The van der Waals surface area contributed by atoms with Crippen LogP contribution >= 0.6 is 0 Å². The zero-order valence-corrected chi connectivity index (χ0v) is 8.18. The molecule has 0 aliphatic rings. The molecular formula is C9H7F3N2O2. The van der Waals surface area contributed by atoms with Crippen molar-refractivity contribution in [3.63, 3.8) is 0 Å². The third kappa shape index (κ3) is 3.02. The number of hydrogen-bond acceptors (Lipinski definition) is 3. The molecule has 0 aliphatic heterocycles. The summed E-state index contributed by atoms with van der Waals surface area (Å²) < 4.78 is 39.1. The number of hydrogen-bond donors (Lipinski definition) is 1. The Kier molecular flexibility index (Phi) is 3.22. The average Bonchev–Trinajstić information content (AvgIpc) is 2.08. The number of rotatable bonds is 2. The van der Waals surface area contributed by atoms with Gasteiger partial charge in [0.05, 0.1) is 12.5 Å². The molecular weight excluding hydrogens is 225 g/mol. The number of ether oxygens (including phenoxy) is 1. The summed E-state index contributed by atoms with van der Waals surface area (Å²) in [5, 5.41) is 8.41. The molecule has 86 valence electrons. The van der Waals surface area contributed by atoms with Gasteiger partial charge < -0.3 is 4.74 Å². The molecule has 1 aromatic rings. The van der Waals surface area contributed by atoms with Crippen molar-refractivity contribution < 1.29 is 17.9 Å². The number of H-pyrrole nitrogens is 1. The van der Waals surface area contributed by atoms with Gasteiger partial charge in [0.2, 0.25) is 5.88 Å². The summed E-state index contributed by atoms with van der Waals surface area (Å²) >= 11 is 0. The van der Waals surface area contributed by atoms with Crippen LogP contribution in [0.15, 0.2) is 10.9 Å². The summed E-state index contributed by atoms with van der Waals surface area (Å²) in [6.45, 7) is 1.44. The van der Waals surface area contributed by atoms with Gasteiger partial charge in [-0.3, -0.25) is 9.78 Å². The van der Waals surface area contributed by atoms with Crippen LogP contribution in [0.1, 0.15) is 11.1 Å². The Morgan fingerprint density at radius 3 is 2.62 bits per heavy atom. The van der Waals surface area contributed by atoms with Crippen LogP contribution in [-0.4, -0.2) is 11.3 Å². The van der Waals surface area contributed by atoms with Gasteiger partial charge in [0, 0.05) is 11.6 Å². The molecule has 0 atom stereocenters. The summed E-state index contributed by atoms with van der Waals surface area (Å²) in [7, 11) is 0. The maximum absolute atomic E-state index is 11.9. The summed E-state index contributed by atoms with van der Waals surface area (Å²) in [5.41, 5.74) is -0.331. The minimum absolute atomic E-state index is 0.136. The lowest BCUT2D eigenvalue weighted by Gasteiger charge is -2.09. The molecule has 0 unspecified atom stereocenters. The van der Waals surface area contributed by atoms with E-state index in [0.717, 1.165) is 6.07 Å². The van der Waals surface area contributed by atoms with E-state index < -0.39 is 17.8 Å². The molecule has 0 aromatic carbocycles. The van der Waals surface area contributed by atoms with Gasteiger partial charge in [0.15, 0.2) is 0 Å². The van der Waals surface area contributed by atoms with Crippen molar-refractivity contribution >= 4 is 0 Å². The quantitative estimate of drug-likeness (QED) is 0.842. The molecule has 0 amide bonds. The Balaban J connectivity index is 3.11. The van der Waals surface area contributed by atoms with Crippen LogP contribution in [0, 0.1) is 18.3 Å². The number of pyridine rings is 1. The van der Waals surface area contributed by atoms with E-state index in [-0.39, 0.29) is 17.5 Å². The molecule has 0 fully saturated rings. The highest BCUT2D eigenvalue weighted by Crippen LogP contribution is 2.21. The van der Waals surface area contributed by atoms with E-state index >= 15 is 0 Å². The largest absolute Gasteiger partial charge is 0.574 e. The molecule has 0 spiro atoms. The van der Waals surface area contributed by atoms with Crippen LogP contribution in [0.25, 0.3) is 0 Å². The maximum Gasteiger partial charge on any atom is 0.574 e. The SMILES string of the molecule is Cc1cc(OC(F)(F)F)[nH]c(=O)c1CC#N. The number of aromatic amines is 1. The third-order valence-corrected chi connectivity index (χ3v) is 1.82. The van der Waals surface area contributed by atoms with Crippen LogP contribution in [0.2, 0.25) is 0 Å². The average molecular weight is 232 g/mol. The van der Waals surface area contributed by atoms with Crippen molar-refractivity contribution in [2.24, 2.45) is 0 Å². The van der Waals surface area contributed by atoms with Crippen LogP contribution in [-0.2, 0) is 6.42 Å². The summed E-state index contributed by atoms with van der Waals surface area (Å²) in [6, 6.07) is 2.78. The Hall–Kier alpha value is -1.97. The zero-order chi connectivity index (χ0) is 12.3. The Morgan fingerprint density at radius 1 is 1.56 bits per heavy atom. The van der Waals surface area contributed by atoms with Gasteiger partial charge in [-0.05, 0) is 12.5 Å². The van der Waals surface area contributed by atoms with E-state index in [1.807, 2.05) is 4.98 Å². The number of aromatic nitrogens is 1. The van der Waals surface area contributed by atoms with Gasteiger partial charge in [-0.25, -0.2) is 0 Å². The molecule has 0 saturated carbocycles. The first-order chi connectivity index (χ1) is 7.33. The van der Waals surface area contributed by atoms with Crippen molar-refractivity contribution in [1.29, 1.82) is 5.26 Å². The highest BCUT2D eigenvalue weighted by Gasteiger charge is 2.31. The van der Waals surface area contributed by atoms with Gasteiger partial charge in [0.1, 0.15) is 0 Å². The topological polar surface area (TPSA) is 65.9 Å². The van der Waals surface area contributed by atoms with Crippen LogP contribution < -0.4 is 10.3 Å². The zero-order valence-electron chi connectivity index (χ0n) is 8.18. The second kappa shape index (κ2) is 4.26. The Morgan fingerprint density at radius 2 is 2.19 bits per heavy atom. The molecule has 0 radical (unpaired) electrons. The number of halogens is 3. The minimum Gasteiger partial charge on any atom is -0.390 e. The molecule has 1 aromatic heterocycles. The van der Waals surface area contributed by atoms with Crippen molar-refractivity contribution in [2.45, 2.75) is 19.7 Å². The number of nitriles is 1. The summed E-state index contributed by atoms with van der Waals surface area (Å²) in [5.74, 6) is -0.684. The van der Waals surface area contributed by atoms with Crippen LogP contribution in [0.4, 0.5) is 13.2 Å². The van der Waals surface area contributed by atoms with Crippen molar-refractivity contribution in [3.05, 3.63) is 27.5 Å². The summed E-state index contributed by atoms with van der Waals surface area (Å²) in [4.78, 5) is 13.2. The fourth-order valence-electron chi connectivity index (χ4n) is 1.16. The first kappa shape index (κ1) is 12.1. The molecule has 1 heterocycles. The molecule has 0 aliphatic carbocycles. The third-order valence-electron chi connectivity index (χ3n) is 1.82. The van der Waals surface area contributed by atoms with Crippen molar-refractivity contribution in [1.82, 2.24) is 4.98 Å². The molecule has 7 heteroatoms. The van der Waals surface area contributed by atoms with Crippen molar-refractivity contribution in [3.8, 4) is 11.9 Å². The second-order valence-corrected chi connectivity index (χ2v) is 3.01. The van der Waals surface area contributed by atoms with Crippen LogP contribution in [0.5, 0.6) is 5.88 Å². The highest BCUT2D eigenvalue weighted by atomic mass is 19.4. The molecule has 4 nitrogen and oxygen atoms in total. The lowest BCUT2D eigenvalue weighted by atomic mass is 10.1. The smallest absolute Gasteiger partial charge is 0.390 e. The Bertz CT molecular complexity index is 485. The molecule has 0 bridgehead atoms. The maximum atomic E-state index is 11.9. The lowest BCUT2D eigenvalue weighted by Crippen LogP contribution is -2.22. The first-order valence-electron chi connectivity index (χ1n) is 4.19. The van der Waals surface area contributed by atoms with Gasteiger partial charge in [-0.15, -0.1) is 13.2 Å². The van der Waals surface area contributed by atoms with E-state index in [2.05, 4.69) is 4.74 Å². The normalized spacial score (nSPS) is 10.9. The predicted molar refractivity (Wildman–Crippen MR) is 47.8 cm³/mol. The first-order valence-corrected chi connectivity index (χ1v) is 4.19. The lowest BCUT2D eigenvalue weighted by molar-refractivity contribution is -0.276. The van der Waals surface area contributed by atoms with E-state index in [1.54, 1.807) is 6.07 Å². The minimum atomic E-state index is -4.86. The number of nitrogens with zero attached hydrogens (tertiary/aromatic N) is 1. The second-order valence-electron chi connectivity index (χ2n) is 3.01. The van der Waals surface area contributed by atoms with Gasteiger partial charge in [0.25, 0.3) is 5.56 Å². The predicted octanol–water partition coefficient (Wildman–Crippen LogP) is 1.65. The van der Waals surface area contributed by atoms with Crippen LogP contribution in [0.3, 0.4) is 0 Å². The molecule has 1 rings (SSSR count). The monoisotopic (exact) mass is 232 g/mol. The van der Waals surface area contributed by atoms with E-state index in [1.165, 1.54) is 6.92 Å². The van der Waals surface area contributed by atoms with E-state index in [9.17, 15) is 18.0 Å². The number of alkyl halides is 3. The van der Waals surface area contributed by atoms with E-state index in [0.29, 0.717) is 0 Å². The fraction of sp³-hybridized carbons (Fsp3) is 0.333. The standard InChI is InChI=1S/C9H7F3N2O2/c1-5-4-7(16-9(10,11)12)14-8(15)6(5)2-3-13/h4H,2H2,1H3,(H,14,15). The van der Waals surface area contributed by atoms with Crippen molar-refractivity contribution in [2.75, 3.05) is 0 Å². The Labute approximate surface area is 88.3 Å². The van der Waals surface area contributed by atoms with Gasteiger partial charge in [-0.2, -0.15) is 5.26 Å². The number of nitrogens with one attached hydrogen (secondary N) is 1.